The topological polar surface area (TPSA) is 20.3 Å². The number of benzene rings is 3. The fourth-order valence-electron chi connectivity index (χ4n) is 3.99. The predicted octanol–water partition coefficient (Wildman–Crippen LogP) is 5.55. The van der Waals surface area contributed by atoms with Crippen LogP contribution >= 0.6 is 15.9 Å². The number of Topliss-reactive ketones (excluding diaryl/α,β-unsaturated/α-hetero) is 1. The van der Waals surface area contributed by atoms with Crippen molar-refractivity contribution in [3.8, 4) is 0 Å². The summed E-state index contributed by atoms with van der Waals surface area (Å²) in [4.78, 5) is 15.7. The molecule has 3 heteroatoms. The molecule has 2 nitrogen and oxygen atoms in total. The Morgan fingerprint density at radius 1 is 0.852 bits per heavy atom. The number of rotatable bonds is 5. The molecule has 0 spiro atoms. The lowest BCUT2D eigenvalue weighted by atomic mass is 9.84. The average molecular weight is 420 g/mol. The molecule has 0 aromatic heterocycles. The molecular weight excluding hydrogens is 398 g/mol. The molecule has 0 aliphatic carbocycles. The molecule has 1 saturated heterocycles. The van der Waals surface area contributed by atoms with Crippen LogP contribution in [0.1, 0.15) is 27.4 Å². The van der Waals surface area contributed by atoms with E-state index < -0.39 is 0 Å². The Labute approximate surface area is 169 Å². The van der Waals surface area contributed by atoms with Gasteiger partial charge in [-0.2, -0.15) is 0 Å². The van der Waals surface area contributed by atoms with Gasteiger partial charge >= 0.3 is 0 Å². The van der Waals surface area contributed by atoms with Gasteiger partial charge in [0, 0.05) is 41.5 Å². The third kappa shape index (κ3) is 4.20. The molecule has 1 aliphatic heterocycles. The third-order valence-corrected chi connectivity index (χ3v) is 5.87. The molecule has 2 atom stereocenters. The minimum absolute atomic E-state index is 0.0164. The molecule has 1 aliphatic rings. The lowest BCUT2D eigenvalue weighted by Gasteiger charge is -2.18. The molecule has 27 heavy (non-hydrogen) atoms. The largest absolute Gasteiger partial charge is 0.298 e. The zero-order valence-electron chi connectivity index (χ0n) is 15.1. The van der Waals surface area contributed by atoms with E-state index in [-0.39, 0.29) is 17.6 Å². The number of carbonyl (C=O) groups is 1. The van der Waals surface area contributed by atoms with Gasteiger partial charge < -0.3 is 0 Å². The van der Waals surface area contributed by atoms with Gasteiger partial charge in [0.2, 0.25) is 0 Å². The van der Waals surface area contributed by atoms with E-state index in [1.54, 1.807) is 0 Å². The maximum atomic E-state index is 13.3. The third-order valence-electron chi connectivity index (χ3n) is 5.34. The SMILES string of the molecule is O=C(c1ccccc1)C1CN(Cc2ccccc2)CC1c1ccc(Br)cc1. The second-order valence-electron chi connectivity index (χ2n) is 7.17. The van der Waals surface area contributed by atoms with Gasteiger partial charge in [0.25, 0.3) is 0 Å². The Bertz CT molecular complexity index is 893. The molecule has 0 N–H and O–H groups in total. The van der Waals surface area contributed by atoms with Gasteiger partial charge in [-0.1, -0.05) is 88.7 Å². The fourth-order valence-corrected chi connectivity index (χ4v) is 4.25. The van der Waals surface area contributed by atoms with E-state index in [9.17, 15) is 4.79 Å². The number of likely N-dealkylation sites (tertiary alicyclic amines) is 1. The molecule has 1 fully saturated rings. The van der Waals surface area contributed by atoms with Gasteiger partial charge in [-0.05, 0) is 23.3 Å². The summed E-state index contributed by atoms with van der Waals surface area (Å²) < 4.78 is 1.07. The molecule has 0 bridgehead atoms. The van der Waals surface area contributed by atoms with Crippen molar-refractivity contribution < 1.29 is 4.79 Å². The molecule has 3 aromatic carbocycles. The minimum atomic E-state index is -0.0164. The van der Waals surface area contributed by atoms with Gasteiger partial charge in [0.15, 0.2) is 5.78 Å². The van der Waals surface area contributed by atoms with Crippen LogP contribution in [0.5, 0.6) is 0 Å². The highest BCUT2D eigenvalue weighted by Gasteiger charge is 2.38. The summed E-state index contributed by atoms with van der Waals surface area (Å²) in [6.45, 7) is 2.58. The van der Waals surface area contributed by atoms with Crippen LogP contribution in [0.3, 0.4) is 0 Å². The summed E-state index contributed by atoms with van der Waals surface area (Å²) >= 11 is 3.51. The first-order valence-corrected chi connectivity index (χ1v) is 10.1. The smallest absolute Gasteiger partial charge is 0.167 e. The predicted molar refractivity (Wildman–Crippen MR) is 113 cm³/mol. The number of carbonyl (C=O) groups excluding carboxylic acids is 1. The zero-order valence-corrected chi connectivity index (χ0v) is 16.7. The Morgan fingerprint density at radius 2 is 1.48 bits per heavy atom. The van der Waals surface area contributed by atoms with E-state index in [4.69, 9.17) is 0 Å². The minimum Gasteiger partial charge on any atom is -0.298 e. The number of nitrogens with zero attached hydrogens (tertiary/aromatic N) is 1. The first-order chi connectivity index (χ1) is 13.2. The normalized spacial score (nSPS) is 19.9. The number of hydrogen-bond acceptors (Lipinski definition) is 2. The summed E-state index contributed by atoms with van der Waals surface area (Å²) in [6.07, 6.45) is 0. The second-order valence-corrected chi connectivity index (χ2v) is 8.09. The van der Waals surface area contributed by atoms with Crippen LogP contribution in [0.15, 0.2) is 89.4 Å². The van der Waals surface area contributed by atoms with Crippen molar-refractivity contribution >= 4 is 21.7 Å². The standard InChI is InChI=1S/C24H22BrNO/c25-21-13-11-19(12-14-21)22-16-26(15-18-7-3-1-4-8-18)17-23(22)24(27)20-9-5-2-6-10-20/h1-14,22-23H,15-17H2. The molecular formula is C24H22BrNO. The molecule has 4 rings (SSSR count). The Balaban J connectivity index is 1.61. The van der Waals surface area contributed by atoms with Gasteiger partial charge in [0.1, 0.15) is 0 Å². The summed E-state index contributed by atoms with van der Waals surface area (Å²) in [5.41, 5.74) is 3.34. The van der Waals surface area contributed by atoms with Crippen LogP contribution in [0, 0.1) is 5.92 Å². The van der Waals surface area contributed by atoms with E-state index in [1.807, 2.05) is 36.4 Å². The van der Waals surface area contributed by atoms with E-state index in [1.165, 1.54) is 11.1 Å². The quantitative estimate of drug-likeness (QED) is 0.505. The lowest BCUT2D eigenvalue weighted by Crippen LogP contribution is -2.23. The van der Waals surface area contributed by atoms with Gasteiger partial charge in [0.05, 0.1) is 0 Å². The van der Waals surface area contributed by atoms with E-state index in [0.717, 1.165) is 29.7 Å². The van der Waals surface area contributed by atoms with Crippen LogP contribution in [-0.4, -0.2) is 23.8 Å². The second kappa shape index (κ2) is 8.20. The lowest BCUT2D eigenvalue weighted by molar-refractivity contribution is 0.0913. The average Bonchev–Trinajstić information content (AvgIpc) is 3.13. The summed E-state index contributed by atoms with van der Waals surface area (Å²) in [6, 6.07) is 28.6. The number of hydrogen-bond donors (Lipinski definition) is 0. The van der Waals surface area contributed by atoms with E-state index in [0.29, 0.717) is 0 Å². The Morgan fingerprint density at radius 3 is 2.15 bits per heavy atom. The van der Waals surface area contributed by atoms with Crippen molar-refractivity contribution in [3.05, 3.63) is 106 Å². The first kappa shape index (κ1) is 18.1. The molecule has 0 amide bonds. The molecule has 3 aromatic rings. The number of ketones is 1. The Kier molecular flexibility index (Phi) is 5.51. The van der Waals surface area contributed by atoms with Gasteiger partial charge in [-0.25, -0.2) is 0 Å². The van der Waals surface area contributed by atoms with Crippen molar-refractivity contribution in [1.82, 2.24) is 4.90 Å². The molecule has 136 valence electrons. The van der Waals surface area contributed by atoms with Crippen molar-refractivity contribution in [2.24, 2.45) is 5.92 Å². The maximum Gasteiger partial charge on any atom is 0.167 e. The molecule has 0 saturated carbocycles. The summed E-state index contributed by atoms with van der Waals surface area (Å²) in [7, 11) is 0. The highest BCUT2D eigenvalue weighted by atomic mass is 79.9. The van der Waals surface area contributed by atoms with E-state index in [2.05, 4.69) is 69.4 Å². The Hall–Kier alpha value is -2.23. The molecule has 0 radical (unpaired) electrons. The fraction of sp³-hybridized carbons (Fsp3) is 0.208. The van der Waals surface area contributed by atoms with Gasteiger partial charge in [-0.15, -0.1) is 0 Å². The van der Waals surface area contributed by atoms with Crippen LogP contribution in [-0.2, 0) is 6.54 Å². The van der Waals surface area contributed by atoms with Crippen LogP contribution < -0.4 is 0 Å². The molecule has 1 heterocycles. The van der Waals surface area contributed by atoms with Crippen molar-refractivity contribution in [1.29, 1.82) is 0 Å². The van der Waals surface area contributed by atoms with Crippen LogP contribution in [0.25, 0.3) is 0 Å². The maximum absolute atomic E-state index is 13.3. The van der Waals surface area contributed by atoms with Crippen LogP contribution in [0.4, 0.5) is 0 Å². The highest BCUT2D eigenvalue weighted by molar-refractivity contribution is 9.10. The van der Waals surface area contributed by atoms with Crippen molar-refractivity contribution in [2.45, 2.75) is 12.5 Å². The highest BCUT2D eigenvalue weighted by Crippen LogP contribution is 2.36. The van der Waals surface area contributed by atoms with Crippen molar-refractivity contribution in [2.75, 3.05) is 13.1 Å². The number of halogens is 1. The summed E-state index contributed by atoms with van der Waals surface area (Å²) in [5, 5.41) is 0. The first-order valence-electron chi connectivity index (χ1n) is 9.32. The monoisotopic (exact) mass is 419 g/mol. The van der Waals surface area contributed by atoms with Crippen LogP contribution in [0.2, 0.25) is 0 Å². The summed E-state index contributed by atoms with van der Waals surface area (Å²) in [5.74, 6) is 0.450. The van der Waals surface area contributed by atoms with Crippen molar-refractivity contribution in [3.63, 3.8) is 0 Å². The van der Waals surface area contributed by atoms with Gasteiger partial charge in [-0.3, -0.25) is 9.69 Å². The zero-order chi connectivity index (χ0) is 18.6. The molecule has 2 unspecified atom stereocenters. The van der Waals surface area contributed by atoms with E-state index >= 15 is 0 Å².